The van der Waals surface area contributed by atoms with Crippen LogP contribution in [0.25, 0.3) is 11.5 Å². The highest BCUT2D eigenvalue weighted by Crippen LogP contribution is 2.44. The lowest BCUT2D eigenvalue weighted by atomic mass is 10.1. The summed E-state index contributed by atoms with van der Waals surface area (Å²) in [6.45, 7) is 4.88. The summed E-state index contributed by atoms with van der Waals surface area (Å²) in [5.74, 6) is -10.2. The maximum atomic E-state index is 14.6. The molecule has 0 aliphatic carbocycles. The third-order valence-electron chi connectivity index (χ3n) is 4.02. The van der Waals surface area contributed by atoms with Crippen molar-refractivity contribution in [1.29, 1.82) is 0 Å². The van der Waals surface area contributed by atoms with Crippen LogP contribution in [0.1, 0.15) is 26.7 Å². The molecule has 33 heavy (non-hydrogen) atoms. The van der Waals surface area contributed by atoms with E-state index in [2.05, 4.69) is 25.2 Å². The number of amides is 2. The van der Waals surface area contributed by atoms with Crippen LogP contribution in [0.4, 0.5) is 36.8 Å². The fourth-order valence-corrected chi connectivity index (χ4v) is 3.58. The number of rotatable bonds is 3. The molecule has 2 amide bonds. The van der Waals surface area contributed by atoms with Gasteiger partial charge in [-0.3, -0.25) is 4.79 Å². The maximum Gasteiger partial charge on any atom is 0.463 e. The van der Waals surface area contributed by atoms with E-state index in [0.29, 0.717) is 0 Å². The summed E-state index contributed by atoms with van der Waals surface area (Å²) in [6.07, 6.45) is -6.85. The topological polar surface area (TPSA) is 106 Å². The van der Waals surface area contributed by atoms with Crippen molar-refractivity contribution in [3.8, 4) is 11.5 Å². The van der Waals surface area contributed by atoms with Crippen LogP contribution < -0.4 is 10.6 Å². The Bertz CT molecular complexity index is 1080. The minimum atomic E-state index is -6.00. The maximum absolute atomic E-state index is 14.6. The van der Waals surface area contributed by atoms with Gasteiger partial charge in [-0.25, -0.2) is 9.18 Å². The zero-order valence-electron chi connectivity index (χ0n) is 17.1. The van der Waals surface area contributed by atoms with Gasteiger partial charge >= 0.3 is 18.2 Å². The Hall–Kier alpha value is -2.97. The second kappa shape index (κ2) is 8.43. The van der Waals surface area contributed by atoms with Crippen molar-refractivity contribution in [3.05, 3.63) is 23.8 Å². The van der Waals surface area contributed by atoms with Gasteiger partial charge in [0.05, 0.1) is 11.3 Å². The van der Waals surface area contributed by atoms with Crippen molar-refractivity contribution in [2.24, 2.45) is 0 Å². The van der Waals surface area contributed by atoms with E-state index >= 15 is 0 Å². The van der Waals surface area contributed by atoms with Crippen LogP contribution in [0.5, 0.6) is 0 Å². The zero-order valence-corrected chi connectivity index (χ0v) is 18.0. The number of hydrogen-bond donors (Lipinski definition) is 2. The van der Waals surface area contributed by atoms with E-state index in [4.69, 9.17) is 4.74 Å². The first kappa shape index (κ1) is 24.7. The number of halogens is 6. The Balaban J connectivity index is 1.85. The third kappa shape index (κ3) is 5.34. The first-order valence-corrected chi connectivity index (χ1v) is 10.1. The fourth-order valence-electron chi connectivity index (χ4n) is 2.54. The molecule has 0 fully saturated rings. The molecule has 2 N–H and O–H groups in total. The number of hydrogen-bond acceptors (Lipinski definition) is 7. The van der Waals surface area contributed by atoms with E-state index in [9.17, 15) is 35.9 Å². The van der Waals surface area contributed by atoms with E-state index in [1.54, 1.807) is 20.8 Å². The highest BCUT2D eigenvalue weighted by Gasteiger charge is 2.63. The number of fused-ring (bicyclic) bond motifs is 1. The second-order valence-electron chi connectivity index (χ2n) is 7.81. The number of alkyl halides is 5. The number of nitrogens with zero attached hydrogens (tertiary/aromatic N) is 2. The average molecular weight is 498 g/mol. The fraction of sp³-hybridized carbons (Fsp3) is 0.444. The minimum Gasteiger partial charge on any atom is -0.444 e. The number of nitrogens with one attached hydrogen (secondary N) is 2. The summed E-state index contributed by atoms with van der Waals surface area (Å²) >= 11 is 0.983. The molecule has 1 atom stereocenters. The van der Waals surface area contributed by atoms with Crippen molar-refractivity contribution in [2.45, 2.75) is 49.4 Å². The second-order valence-corrected chi connectivity index (χ2v) is 8.87. The van der Waals surface area contributed by atoms with Crippen molar-refractivity contribution in [1.82, 2.24) is 15.5 Å². The molecule has 3 rings (SSSR count). The Labute approximate surface area is 186 Å². The van der Waals surface area contributed by atoms with Crippen molar-refractivity contribution < 1.29 is 45.1 Å². The Morgan fingerprint density at radius 1 is 1.21 bits per heavy atom. The first-order valence-electron chi connectivity index (χ1n) is 9.14. The summed E-state index contributed by atoms with van der Waals surface area (Å²) in [4.78, 5) is 24.7. The predicted octanol–water partition coefficient (Wildman–Crippen LogP) is 4.47. The average Bonchev–Trinajstić information content (AvgIpc) is 3.09. The van der Waals surface area contributed by atoms with E-state index in [1.165, 1.54) is 0 Å². The Morgan fingerprint density at radius 3 is 2.48 bits per heavy atom. The molecule has 0 spiro atoms. The molecular weight excluding hydrogens is 482 g/mol. The van der Waals surface area contributed by atoms with Crippen LogP contribution in [0, 0.1) is 5.82 Å². The normalized spacial score (nSPS) is 17.1. The van der Waals surface area contributed by atoms with Gasteiger partial charge in [-0.1, -0.05) is 0 Å². The number of benzene rings is 1. The summed E-state index contributed by atoms with van der Waals surface area (Å²) in [5.41, 5.74) is -1.42. The van der Waals surface area contributed by atoms with Gasteiger partial charge < -0.3 is 19.8 Å². The monoisotopic (exact) mass is 498 g/mol. The molecule has 1 aromatic carbocycles. The van der Waals surface area contributed by atoms with E-state index in [-0.39, 0.29) is 16.3 Å². The number of aromatic nitrogens is 2. The zero-order chi connectivity index (χ0) is 24.8. The lowest BCUT2D eigenvalue weighted by molar-refractivity contribution is -0.297. The minimum absolute atomic E-state index is 0.000621. The van der Waals surface area contributed by atoms with Crippen LogP contribution in [0.3, 0.4) is 0 Å². The molecule has 0 saturated carbocycles. The predicted molar refractivity (Wildman–Crippen MR) is 102 cm³/mol. The van der Waals surface area contributed by atoms with Crippen molar-refractivity contribution in [3.63, 3.8) is 0 Å². The van der Waals surface area contributed by atoms with Gasteiger partial charge in [0.1, 0.15) is 17.5 Å². The molecule has 0 unspecified atom stereocenters. The molecular formula is C18H16F6N4O4S. The summed E-state index contributed by atoms with van der Waals surface area (Å²) in [7, 11) is 0. The van der Waals surface area contributed by atoms with E-state index in [0.717, 1.165) is 23.9 Å². The highest BCUT2D eigenvalue weighted by atomic mass is 32.2. The number of anilines is 1. The van der Waals surface area contributed by atoms with Crippen LogP contribution in [-0.4, -0.2) is 45.8 Å². The summed E-state index contributed by atoms with van der Waals surface area (Å²) in [6, 6.07) is 0.801. The van der Waals surface area contributed by atoms with Gasteiger partial charge in [-0.05, 0) is 32.9 Å². The number of carbonyl (C=O) groups excluding carboxylic acids is 2. The third-order valence-corrected chi connectivity index (χ3v) is 5.17. The number of carbonyl (C=O) groups is 2. The van der Waals surface area contributed by atoms with Crippen molar-refractivity contribution in [2.75, 3.05) is 11.1 Å². The molecule has 1 aromatic heterocycles. The van der Waals surface area contributed by atoms with Gasteiger partial charge in [0.15, 0.2) is 0 Å². The quantitative estimate of drug-likeness (QED) is 0.602. The number of thioether (sulfide) groups is 1. The smallest absolute Gasteiger partial charge is 0.444 e. The molecule has 0 saturated heterocycles. The SMILES string of the molecule is CC(C)(C)OC(=O)N[C@H]1CSc2cc(F)c(-c3nnc(C(F)(F)C(F)(F)F)o3)cc2NC1=O. The lowest BCUT2D eigenvalue weighted by Crippen LogP contribution is -2.46. The van der Waals surface area contributed by atoms with Gasteiger partial charge in [-0.15, -0.1) is 22.0 Å². The molecule has 0 radical (unpaired) electrons. The Morgan fingerprint density at radius 2 is 1.88 bits per heavy atom. The van der Waals surface area contributed by atoms with Crippen LogP contribution in [0.15, 0.2) is 21.4 Å². The molecule has 15 heteroatoms. The van der Waals surface area contributed by atoms with Gasteiger partial charge in [-0.2, -0.15) is 22.0 Å². The molecule has 180 valence electrons. The van der Waals surface area contributed by atoms with E-state index in [1.807, 2.05) is 0 Å². The summed E-state index contributed by atoms with van der Waals surface area (Å²) in [5, 5.41) is 10.6. The molecule has 1 aliphatic heterocycles. The highest BCUT2D eigenvalue weighted by molar-refractivity contribution is 7.99. The van der Waals surface area contributed by atoms with Crippen LogP contribution in [0.2, 0.25) is 0 Å². The van der Waals surface area contributed by atoms with Gasteiger partial charge in [0.25, 0.3) is 11.8 Å². The van der Waals surface area contributed by atoms with E-state index < -0.39 is 58.9 Å². The molecule has 2 heterocycles. The number of ether oxygens (including phenoxy) is 1. The lowest BCUT2D eigenvalue weighted by Gasteiger charge is -2.22. The molecule has 1 aliphatic rings. The van der Waals surface area contributed by atoms with Crippen molar-refractivity contribution >= 4 is 29.4 Å². The largest absolute Gasteiger partial charge is 0.463 e. The van der Waals surface area contributed by atoms with Crippen LogP contribution >= 0.6 is 11.8 Å². The van der Waals surface area contributed by atoms with Gasteiger partial charge in [0, 0.05) is 10.6 Å². The Kier molecular flexibility index (Phi) is 6.30. The standard InChI is InChI=1S/C18H16F6N4O4S/c1-16(2,3)32-15(30)26-10-6-33-11-5-8(19)7(4-9(11)25-12(10)29)13-27-28-14(31-13)17(20,21)18(22,23)24/h4-5,10H,6H2,1-3H3,(H,25,29)(H,26,30)/t10-/m0/s1. The first-order chi connectivity index (χ1) is 15.1. The van der Waals surface area contributed by atoms with Crippen LogP contribution in [-0.2, 0) is 15.5 Å². The summed E-state index contributed by atoms with van der Waals surface area (Å²) < 4.78 is 88.3. The molecule has 8 nitrogen and oxygen atoms in total. The molecule has 0 bridgehead atoms. The molecule has 2 aromatic rings. The van der Waals surface area contributed by atoms with Gasteiger partial charge in [0.2, 0.25) is 5.91 Å². The number of alkyl carbamates (subject to hydrolysis) is 1.